The Hall–Kier alpha value is -1.51. The average Bonchev–Trinajstić information content (AvgIpc) is 2.50. The van der Waals surface area contributed by atoms with Gasteiger partial charge in [-0.1, -0.05) is 60.0 Å². The first kappa shape index (κ1) is 16.4. The van der Waals surface area contributed by atoms with Crippen molar-refractivity contribution in [3.63, 3.8) is 0 Å². The molecule has 1 aliphatic carbocycles. The quantitative estimate of drug-likeness (QED) is 0.755. The van der Waals surface area contributed by atoms with Crippen molar-refractivity contribution in [3.8, 4) is 0 Å². The Labute approximate surface area is 147 Å². The van der Waals surface area contributed by atoms with Gasteiger partial charge in [-0.25, -0.2) is 0 Å². The molecule has 0 aromatic heterocycles. The highest BCUT2D eigenvalue weighted by Gasteiger charge is 2.46. The highest BCUT2D eigenvalue weighted by Crippen LogP contribution is 2.45. The molecule has 1 fully saturated rings. The molecule has 3 rings (SSSR count). The van der Waals surface area contributed by atoms with Crippen molar-refractivity contribution in [2.75, 3.05) is 7.05 Å². The molecule has 1 amide bonds. The molecule has 0 aliphatic heterocycles. The first-order chi connectivity index (χ1) is 11.0. The number of hydrogen-bond donors (Lipinski definition) is 0. The molecule has 0 spiro atoms. The fraction of sp³-hybridized carbons (Fsp3) is 0.316. The third kappa shape index (κ3) is 3.11. The number of hydrogen-bond acceptors (Lipinski definition) is 1. The lowest BCUT2D eigenvalue weighted by Crippen LogP contribution is -2.49. The summed E-state index contributed by atoms with van der Waals surface area (Å²) < 4.78 is 0. The summed E-state index contributed by atoms with van der Waals surface area (Å²) in [6.45, 7) is 0.522. The van der Waals surface area contributed by atoms with E-state index >= 15 is 0 Å². The summed E-state index contributed by atoms with van der Waals surface area (Å²) >= 11 is 12.2. The number of likely N-dealkylation sites (N-methyl/N-ethyl adjacent to an activating group) is 1. The van der Waals surface area contributed by atoms with Gasteiger partial charge >= 0.3 is 0 Å². The van der Waals surface area contributed by atoms with E-state index in [4.69, 9.17) is 23.2 Å². The molecule has 2 aromatic rings. The average molecular weight is 348 g/mol. The maximum absolute atomic E-state index is 13.1. The van der Waals surface area contributed by atoms with Crippen molar-refractivity contribution in [3.05, 3.63) is 69.7 Å². The predicted molar refractivity (Wildman–Crippen MR) is 94.9 cm³/mol. The van der Waals surface area contributed by atoms with E-state index in [0.717, 1.165) is 30.4 Å². The van der Waals surface area contributed by atoms with Crippen LogP contribution >= 0.6 is 23.2 Å². The monoisotopic (exact) mass is 347 g/mol. The molecule has 0 radical (unpaired) electrons. The van der Waals surface area contributed by atoms with Crippen LogP contribution in [0.4, 0.5) is 0 Å². The second kappa shape index (κ2) is 6.54. The molecule has 0 bridgehead atoms. The molecule has 120 valence electrons. The molecular formula is C19H19Cl2NO. The molecule has 4 heteroatoms. The molecule has 1 saturated carbocycles. The van der Waals surface area contributed by atoms with Crippen LogP contribution in [0.3, 0.4) is 0 Å². The van der Waals surface area contributed by atoms with Crippen LogP contribution in [0.15, 0.2) is 48.5 Å². The Balaban J connectivity index is 1.82. The second-order valence-electron chi connectivity index (χ2n) is 6.20. The van der Waals surface area contributed by atoms with Gasteiger partial charge in [-0.2, -0.15) is 0 Å². The van der Waals surface area contributed by atoms with Gasteiger partial charge in [-0.3, -0.25) is 4.79 Å². The van der Waals surface area contributed by atoms with Crippen molar-refractivity contribution < 1.29 is 4.79 Å². The van der Waals surface area contributed by atoms with Gasteiger partial charge < -0.3 is 4.90 Å². The Morgan fingerprint density at radius 1 is 1.09 bits per heavy atom. The number of halogens is 2. The number of nitrogens with zero attached hydrogens (tertiary/aromatic N) is 1. The lowest BCUT2D eigenvalue weighted by atomic mass is 9.63. The summed E-state index contributed by atoms with van der Waals surface area (Å²) in [5, 5.41) is 1.39. The summed E-state index contributed by atoms with van der Waals surface area (Å²) in [4.78, 5) is 14.9. The van der Waals surface area contributed by atoms with Gasteiger partial charge in [0.05, 0.1) is 5.41 Å². The van der Waals surface area contributed by atoms with Crippen LogP contribution in [0, 0.1) is 0 Å². The topological polar surface area (TPSA) is 20.3 Å². The van der Waals surface area contributed by atoms with Crippen LogP contribution in [-0.4, -0.2) is 17.9 Å². The number of carbonyl (C=O) groups is 1. The SMILES string of the molecule is CN(Cc1ccccc1Cl)C(=O)C1(c2ccc(Cl)cc2)CCC1. The molecule has 0 saturated heterocycles. The van der Waals surface area contributed by atoms with Gasteiger partial charge in [0.15, 0.2) is 0 Å². The minimum absolute atomic E-state index is 0.158. The molecule has 2 aromatic carbocycles. The fourth-order valence-corrected chi connectivity index (χ4v) is 3.57. The minimum Gasteiger partial charge on any atom is -0.341 e. The van der Waals surface area contributed by atoms with Crippen LogP contribution in [0.5, 0.6) is 0 Å². The van der Waals surface area contributed by atoms with Crippen LogP contribution in [0.2, 0.25) is 10.0 Å². The first-order valence-electron chi connectivity index (χ1n) is 7.78. The summed E-state index contributed by atoms with van der Waals surface area (Å²) in [6, 6.07) is 15.3. The summed E-state index contributed by atoms with van der Waals surface area (Å²) in [5.74, 6) is 0.158. The maximum Gasteiger partial charge on any atom is 0.233 e. The van der Waals surface area contributed by atoms with Gasteiger partial charge in [0.1, 0.15) is 0 Å². The van der Waals surface area contributed by atoms with E-state index in [0.29, 0.717) is 16.6 Å². The van der Waals surface area contributed by atoms with Crippen molar-refractivity contribution in [2.45, 2.75) is 31.2 Å². The van der Waals surface area contributed by atoms with Crippen LogP contribution in [-0.2, 0) is 16.8 Å². The van der Waals surface area contributed by atoms with Crippen LogP contribution < -0.4 is 0 Å². The third-order valence-electron chi connectivity index (χ3n) is 4.73. The Morgan fingerprint density at radius 3 is 2.30 bits per heavy atom. The normalized spacial score (nSPS) is 15.8. The molecular weight excluding hydrogens is 329 g/mol. The van der Waals surface area contributed by atoms with Crippen molar-refractivity contribution >= 4 is 29.1 Å². The van der Waals surface area contributed by atoms with Gasteiger partial charge in [-0.05, 0) is 42.2 Å². The molecule has 0 N–H and O–H groups in total. The maximum atomic E-state index is 13.1. The van der Waals surface area contributed by atoms with Gasteiger partial charge in [0.25, 0.3) is 0 Å². The van der Waals surface area contributed by atoms with Crippen molar-refractivity contribution in [1.82, 2.24) is 4.90 Å². The van der Waals surface area contributed by atoms with E-state index in [-0.39, 0.29) is 5.91 Å². The van der Waals surface area contributed by atoms with Crippen LogP contribution in [0.25, 0.3) is 0 Å². The highest BCUT2D eigenvalue weighted by atomic mass is 35.5. The predicted octanol–water partition coefficient (Wildman–Crippen LogP) is 5.07. The molecule has 23 heavy (non-hydrogen) atoms. The number of carbonyl (C=O) groups excluding carboxylic acids is 1. The zero-order chi connectivity index (χ0) is 16.4. The fourth-order valence-electron chi connectivity index (χ4n) is 3.24. The van der Waals surface area contributed by atoms with Crippen molar-refractivity contribution in [1.29, 1.82) is 0 Å². The van der Waals surface area contributed by atoms with E-state index in [1.54, 1.807) is 4.90 Å². The zero-order valence-electron chi connectivity index (χ0n) is 13.1. The van der Waals surface area contributed by atoms with Crippen LogP contribution in [0.1, 0.15) is 30.4 Å². The van der Waals surface area contributed by atoms with E-state index in [2.05, 4.69) is 0 Å². The molecule has 0 unspecified atom stereocenters. The highest BCUT2D eigenvalue weighted by molar-refractivity contribution is 6.31. The summed E-state index contributed by atoms with van der Waals surface area (Å²) in [6.07, 6.45) is 2.86. The molecule has 0 atom stereocenters. The largest absolute Gasteiger partial charge is 0.341 e. The standard InChI is InChI=1S/C19H19Cl2NO/c1-22(13-14-5-2-3-6-17(14)21)18(23)19(11-4-12-19)15-7-9-16(20)10-8-15/h2-3,5-10H,4,11-13H2,1H3. The van der Waals surface area contributed by atoms with Gasteiger partial charge in [-0.15, -0.1) is 0 Å². The van der Waals surface area contributed by atoms with E-state index in [1.165, 1.54) is 0 Å². The molecule has 0 heterocycles. The summed E-state index contributed by atoms with van der Waals surface area (Å²) in [5.41, 5.74) is 1.63. The number of amides is 1. The van der Waals surface area contributed by atoms with E-state index in [9.17, 15) is 4.79 Å². The second-order valence-corrected chi connectivity index (χ2v) is 7.04. The summed E-state index contributed by atoms with van der Waals surface area (Å²) in [7, 11) is 1.85. The van der Waals surface area contributed by atoms with Gasteiger partial charge in [0.2, 0.25) is 5.91 Å². The smallest absolute Gasteiger partial charge is 0.233 e. The minimum atomic E-state index is -0.402. The zero-order valence-corrected chi connectivity index (χ0v) is 14.6. The number of rotatable bonds is 4. The lowest BCUT2D eigenvalue weighted by molar-refractivity contribution is -0.140. The van der Waals surface area contributed by atoms with E-state index < -0.39 is 5.41 Å². The lowest BCUT2D eigenvalue weighted by Gasteiger charge is -2.43. The molecule has 1 aliphatic rings. The first-order valence-corrected chi connectivity index (χ1v) is 8.53. The third-order valence-corrected chi connectivity index (χ3v) is 5.35. The van der Waals surface area contributed by atoms with Crippen molar-refractivity contribution in [2.24, 2.45) is 0 Å². The van der Waals surface area contributed by atoms with Gasteiger partial charge in [0, 0.05) is 23.6 Å². The Bertz CT molecular complexity index is 708. The Kier molecular flexibility index (Phi) is 4.65. The van der Waals surface area contributed by atoms with E-state index in [1.807, 2.05) is 55.6 Å². The molecule has 2 nitrogen and oxygen atoms in total. The Morgan fingerprint density at radius 2 is 1.74 bits per heavy atom. The number of benzene rings is 2.